The number of carbonyl (C=O) groups excluding carboxylic acids is 3. The third-order valence-corrected chi connectivity index (χ3v) is 3.66. The number of nitrogens with one attached hydrogen (secondary N) is 1. The Kier molecular flexibility index (Phi) is 4.38. The predicted molar refractivity (Wildman–Crippen MR) is 90.2 cm³/mol. The fourth-order valence-electron chi connectivity index (χ4n) is 2.42. The number of benzene rings is 2. The molecule has 0 saturated carbocycles. The minimum Gasteiger partial charge on any atom is -0.276 e. The smallest absolute Gasteiger partial charge is 0.276 e. The average molecular weight is 339 g/mol. The molecule has 0 unspecified atom stereocenters. The summed E-state index contributed by atoms with van der Waals surface area (Å²) in [7, 11) is 0. The van der Waals surface area contributed by atoms with Gasteiger partial charge in [0.25, 0.3) is 5.91 Å². The summed E-state index contributed by atoms with van der Waals surface area (Å²) >= 11 is 0. The number of hydrogen-bond donors (Lipinski definition) is 1. The SMILES string of the molecule is Cc1cccc(N2C(=O)NC(=O)[C@H](C=Nc3ccc(F)cc3)C2=O)c1. The average Bonchev–Trinajstić information content (AvgIpc) is 2.56. The lowest BCUT2D eigenvalue weighted by atomic mass is 10.1. The van der Waals surface area contributed by atoms with Crippen molar-refractivity contribution in [1.82, 2.24) is 5.32 Å². The van der Waals surface area contributed by atoms with Crippen LogP contribution in [-0.2, 0) is 9.59 Å². The molecule has 2 aromatic carbocycles. The number of urea groups is 1. The lowest BCUT2D eigenvalue weighted by molar-refractivity contribution is -0.131. The second-order valence-electron chi connectivity index (χ2n) is 5.54. The lowest BCUT2D eigenvalue weighted by Gasteiger charge is -2.28. The number of hydrogen-bond acceptors (Lipinski definition) is 4. The number of carbonyl (C=O) groups is 3. The van der Waals surface area contributed by atoms with Gasteiger partial charge in [-0.25, -0.2) is 14.1 Å². The van der Waals surface area contributed by atoms with Crippen LogP contribution in [0.15, 0.2) is 53.5 Å². The molecule has 2 aromatic rings. The van der Waals surface area contributed by atoms with E-state index in [9.17, 15) is 18.8 Å². The van der Waals surface area contributed by atoms with Crippen molar-refractivity contribution in [2.24, 2.45) is 10.9 Å². The summed E-state index contributed by atoms with van der Waals surface area (Å²) in [6.07, 6.45) is 1.15. The molecule has 1 saturated heterocycles. The minimum atomic E-state index is -1.25. The van der Waals surface area contributed by atoms with E-state index in [0.29, 0.717) is 11.4 Å². The zero-order valence-corrected chi connectivity index (χ0v) is 13.3. The van der Waals surface area contributed by atoms with Gasteiger partial charge in [0.2, 0.25) is 5.91 Å². The maximum Gasteiger partial charge on any atom is 0.335 e. The zero-order valence-electron chi connectivity index (χ0n) is 13.3. The van der Waals surface area contributed by atoms with Crippen LogP contribution in [0, 0.1) is 18.7 Å². The molecular weight excluding hydrogens is 325 g/mol. The largest absolute Gasteiger partial charge is 0.335 e. The van der Waals surface area contributed by atoms with Crippen LogP contribution in [0.5, 0.6) is 0 Å². The summed E-state index contributed by atoms with van der Waals surface area (Å²) < 4.78 is 12.9. The van der Waals surface area contributed by atoms with Crippen LogP contribution >= 0.6 is 0 Å². The molecule has 1 fully saturated rings. The van der Waals surface area contributed by atoms with Gasteiger partial charge in [-0.2, -0.15) is 0 Å². The summed E-state index contributed by atoms with van der Waals surface area (Å²) in [5.74, 6) is -3.10. The Morgan fingerprint density at radius 3 is 2.52 bits per heavy atom. The van der Waals surface area contributed by atoms with Gasteiger partial charge in [0, 0.05) is 6.21 Å². The highest BCUT2D eigenvalue weighted by molar-refractivity contribution is 6.32. The van der Waals surface area contributed by atoms with Gasteiger partial charge in [-0.3, -0.25) is 19.9 Å². The first-order chi connectivity index (χ1) is 12.0. The van der Waals surface area contributed by atoms with Crippen molar-refractivity contribution in [1.29, 1.82) is 0 Å². The number of aryl methyl sites for hydroxylation is 1. The molecule has 25 heavy (non-hydrogen) atoms. The third-order valence-electron chi connectivity index (χ3n) is 3.66. The van der Waals surface area contributed by atoms with E-state index in [4.69, 9.17) is 0 Å². The number of amides is 4. The molecule has 0 spiro atoms. The quantitative estimate of drug-likeness (QED) is 0.690. The maximum atomic E-state index is 12.9. The molecule has 1 atom stereocenters. The van der Waals surface area contributed by atoms with E-state index in [1.165, 1.54) is 24.3 Å². The first-order valence-corrected chi connectivity index (χ1v) is 7.51. The molecular formula is C18H14FN3O3. The third kappa shape index (κ3) is 3.45. The van der Waals surface area contributed by atoms with Crippen molar-refractivity contribution >= 4 is 35.4 Å². The van der Waals surface area contributed by atoms with Gasteiger partial charge >= 0.3 is 6.03 Å². The summed E-state index contributed by atoms with van der Waals surface area (Å²) in [6.45, 7) is 1.83. The van der Waals surface area contributed by atoms with Crippen molar-refractivity contribution in [3.63, 3.8) is 0 Å². The monoisotopic (exact) mass is 339 g/mol. The molecule has 1 heterocycles. The van der Waals surface area contributed by atoms with E-state index in [2.05, 4.69) is 10.3 Å². The predicted octanol–water partition coefficient (Wildman–Crippen LogP) is 2.74. The van der Waals surface area contributed by atoms with E-state index in [1.54, 1.807) is 18.2 Å². The van der Waals surface area contributed by atoms with Gasteiger partial charge in [-0.05, 0) is 48.9 Å². The molecule has 0 bridgehead atoms. The van der Waals surface area contributed by atoms with Crippen molar-refractivity contribution < 1.29 is 18.8 Å². The zero-order chi connectivity index (χ0) is 18.0. The van der Waals surface area contributed by atoms with Gasteiger partial charge in [0.05, 0.1) is 11.4 Å². The maximum absolute atomic E-state index is 12.9. The van der Waals surface area contributed by atoms with Gasteiger partial charge in [-0.1, -0.05) is 12.1 Å². The Bertz CT molecular complexity index is 877. The van der Waals surface area contributed by atoms with Gasteiger partial charge < -0.3 is 0 Å². The molecule has 6 nitrogen and oxygen atoms in total. The summed E-state index contributed by atoms with van der Waals surface area (Å²) in [4.78, 5) is 41.6. The molecule has 1 N–H and O–H groups in total. The van der Waals surface area contributed by atoms with Crippen LogP contribution in [0.25, 0.3) is 0 Å². The molecule has 0 aromatic heterocycles. The highest BCUT2D eigenvalue weighted by Gasteiger charge is 2.40. The number of barbiturate groups is 1. The Hall–Kier alpha value is -3.35. The summed E-state index contributed by atoms with van der Waals surface area (Å²) in [5, 5.41) is 2.15. The molecule has 0 radical (unpaired) electrons. The Balaban J connectivity index is 1.89. The first-order valence-electron chi connectivity index (χ1n) is 7.51. The van der Waals surface area contributed by atoms with Gasteiger partial charge in [0.15, 0.2) is 5.92 Å². The molecule has 3 rings (SSSR count). The molecule has 0 aliphatic carbocycles. The highest BCUT2D eigenvalue weighted by atomic mass is 19.1. The number of rotatable bonds is 3. The van der Waals surface area contributed by atoms with Crippen LogP contribution < -0.4 is 10.2 Å². The topological polar surface area (TPSA) is 78.8 Å². The minimum absolute atomic E-state index is 0.371. The summed E-state index contributed by atoms with van der Waals surface area (Å²) in [5.41, 5.74) is 1.63. The van der Waals surface area contributed by atoms with Crippen LogP contribution in [0.4, 0.5) is 20.6 Å². The highest BCUT2D eigenvalue weighted by Crippen LogP contribution is 2.22. The Morgan fingerprint density at radius 1 is 1.12 bits per heavy atom. The normalized spacial score (nSPS) is 17.9. The van der Waals surface area contributed by atoms with E-state index in [1.807, 2.05) is 13.0 Å². The van der Waals surface area contributed by atoms with Crippen LogP contribution in [-0.4, -0.2) is 24.1 Å². The number of halogens is 1. The second-order valence-corrected chi connectivity index (χ2v) is 5.54. The fourth-order valence-corrected chi connectivity index (χ4v) is 2.42. The number of nitrogens with zero attached hydrogens (tertiary/aromatic N) is 2. The molecule has 1 aliphatic rings. The van der Waals surface area contributed by atoms with Crippen molar-refractivity contribution in [3.8, 4) is 0 Å². The van der Waals surface area contributed by atoms with Crippen molar-refractivity contribution in [2.45, 2.75) is 6.92 Å². The van der Waals surface area contributed by atoms with Crippen LogP contribution in [0.1, 0.15) is 5.56 Å². The van der Waals surface area contributed by atoms with E-state index >= 15 is 0 Å². The molecule has 1 aliphatic heterocycles. The van der Waals surface area contributed by atoms with Gasteiger partial charge in [0.1, 0.15) is 5.82 Å². The van der Waals surface area contributed by atoms with Gasteiger partial charge in [-0.15, -0.1) is 0 Å². The Morgan fingerprint density at radius 2 is 1.84 bits per heavy atom. The van der Waals surface area contributed by atoms with Crippen molar-refractivity contribution in [3.05, 3.63) is 59.9 Å². The van der Waals surface area contributed by atoms with Crippen LogP contribution in [0.3, 0.4) is 0 Å². The van der Waals surface area contributed by atoms with E-state index < -0.39 is 29.6 Å². The fraction of sp³-hybridized carbons (Fsp3) is 0.111. The second kappa shape index (κ2) is 6.64. The van der Waals surface area contributed by atoms with E-state index in [-0.39, 0.29) is 0 Å². The van der Waals surface area contributed by atoms with Crippen molar-refractivity contribution in [2.75, 3.05) is 4.90 Å². The Labute approximate surface area is 143 Å². The van der Waals surface area contributed by atoms with Crippen LogP contribution in [0.2, 0.25) is 0 Å². The number of aliphatic imine (C=N–C) groups is 1. The molecule has 7 heteroatoms. The summed E-state index contributed by atoms with van der Waals surface area (Å²) in [6, 6.07) is 11.3. The standard InChI is InChI=1S/C18H14FN3O3/c1-11-3-2-4-14(9-11)22-17(24)15(16(23)21-18(22)25)10-20-13-7-5-12(19)6-8-13/h2-10,15H,1H3,(H,21,23,25)/t15-/m0/s1. The first kappa shape index (κ1) is 16.5. The molecule has 4 amide bonds. The molecule has 126 valence electrons. The lowest BCUT2D eigenvalue weighted by Crippen LogP contribution is -2.58. The number of imide groups is 2. The van der Waals surface area contributed by atoms with E-state index in [0.717, 1.165) is 16.7 Å². The number of anilines is 1.